The summed E-state index contributed by atoms with van der Waals surface area (Å²) >= 11 is 1.35. The number of aromatic nitrogens is 5. The Bertz CT molecular complexity index is 987. The molecule has 4 rings (SSSR count). The minimum atomic E-state index is -0.272. The summed E-state index contributed by atoms with van der Waals surface area (Å²) < 4.78 is 2.74. The lowest BCUT2D eigenvalue weighted by atomic mass is 10.3. The van der Waals surface area contributed by atoms with E-state index < -0.39 is 0 Å². The fourth-order valence-corrected chi connectivity index (χ4v) is 3.11. The van der Waals surface area contributed by atoms with Gasteiger partial charge in [-0.1, -0.05) is 12.1 Å². The van der Waals surface area contributed by atoms with Crippen molar-refractivity contribution in [3.05, 3.63) is 59.9 Å². The summed E-state index contributed by atoms with van der Waals surface area (Å²) in [7, 11) is 0. The number of carbonyl (C=O) groups is 1. The van der Waals surface area contributed by atoms with Crippen LogP contribution in [0.2, 0.25) is 0 Å². The van der Waals surface area contributed by atoms with Crippen LogP contribution in [0.15, 0.2) is 49.1 Å². The lowest BCUT2D eigenvalue weighted by molar-refractivity contribution is 0.102. The van der Waals surface area contributed by atoms with Gasteiger partial charge < -0.3 is 5.32 Å². The van der Waals surface area contributed by atoms with Crippen LogP contribution in [0.4, 0.5) is 5.69 Å². The number of carbonyl (C=O) groups excluding carboxylic acids is 1. The summed E-state index contributed by atoms with van der Waals surface area (Å²) in [5.41, 5.74) is 1.33. The molecule has 0 saturated heterocycles. The Morgan fingerprint density at radius 1 is 1.17 bits per heavy atom. The number of nitrogens with zero attached hydrogens (tertiary/aromatic N) is 5. The average molecular weight is 336 g/mol. The van der Waals surface area contributed by atoms with E-state index in [4.69, 9.17) is 0 Å². The zero-order valence-corrected chi connectivity index (χ0v) is 13.5. The highest BCUT2D eigenvalue weighted by Crippen LogP contribution is 2.22. The van der Waals surface area contributed by atoms with Crippen molar-refractivity contribution in [3.8, 4) is 5.95 Å². The Balaban J connectivity index is 1.54. The maximum atomic E-state index is 12.3. The van der Waals surface area contributed by atoms with Gasteiger partial charge in [0.25, 0.3) is 5.91 Å². The summed E-state index contributed by atoms with van der Waals surface area (Å²) in [5.74, 6) is 1.02. The average Bonchev–Trinajstić information content (AvgIpc) is 3.21. The van der Waals surface area contributed by atoms with Crippen LogP contribution in [-0.2, 0) is 0 Å². The van der Waals surface area contributed by atoms with Crippen LogP contribution in [0.3, 0.4) is 0 Å². The molecule has 4 aromatic rings. The molecule has 24 heavy (non-hydrogen) atoms. The number of fused-ring (bicyclic) bond motifs is 1. The molecule has 118 valence electrons. The first-order valence-corrected chi connectivity index (χ1v) is 8.01. The van der Waals surface area contributed by atoms with Crippen LogP contribution in [0.25, 0.3) is 16.2 Å². The maximum absolute atomic E-state index is 12.3. The van der Waals surface area contributed by atoms with Crippen molar-refractivity contribution in [2.45, 2.75) is 6.92 Å². The van der Waals surface area contributed by atoms with Crippen LogP contribution >= 0.6 is 11.3 Å². The van der Waals surface area contributed by atoms with Crippen LogP contribution in [0.1, 0.15) is 15.6 Å². The predicted octanol–water partition coefficient (Wildman–Crippen LogP) is 2.83. The van der Waals surface area contributed by atoms with Crippen molar-refractivity contribution in [1.82, 2.24) is 24.5 Å². The number of para-hydroxylation sites is 1. The second-order valence-corrected chi connectivity index (χ2v) is 6.09. The SMILES string of the molecule is Cc1nccn1-c1ncc(NC(=O)c2nc3ccccc3s2)cn1. The van der Waals surface area contributed by atoms with Crippen molar-refractivity contribution in [3.63, 3.8) is 0 Å². The molecule has 0 aliphatic rings. The van der Waals surface area contributed by atoms with Gasteiger partial charge in [-0.3, -0.25) is 9.36 Å². The molecule has 0 aliphatic heterocycles. The predicted molar refractivity (Wildman–Crippen MR) is 91.5 cm³/mol. The van der Waals surface area contributed by atoms with Crippen LogP contribution in [-0.4, -0.2) is 30.4 Å². The Labute approximate surface area is 141 Å². The number of anilines is 1. The first-order chi connectivity index (χ1) is 11.7. The summed E-state index contributed by atoms with van der Waals surface area (Å²) in [6.07, 6.45) is 6.59. The zero-order chi connectivity index (χ0) is 16.5. The van der Waals surface area contributed by atoms with E-state index in [0.717, 1.165) is 16.0 Å². The molecule has 0 bridgehead atoms. The standard InChI is InChI=1S/C16H12N6OS/c1-10-17-6-7-22(10)16-18-8-11(9-19-16)20-14(23)15-21-12-4-2-3-5-13(12)24-15/h2-9H,1H3,(H,20,23). The summed E-state index contributed by atoms with van der Waals surface area (Å²) in [6.45, 7) is 1.87. The fourth-order valence-electron chi connectivity index (χ4n) is 2.25. The van der Waals surface area contributed by atoms with Crippen molar-refractivity contribution < 1.29 is 4.79 Å². The third kappa shape index (κ3) is 2.63. The van der Waals surface area contributed by atoms with Gasteiger partial charge in [-0.25, -0.2) is 19.9 Å². The molecular weight excluding hydrogens is 324 g/mol. The van der Waals surface area contributed by atoms with Gasteiger partial charge in [0.1, 0.15) is 5.82 Å². The van der Waals surface area contributed by atoms with Gasteiger partial charge in [0.05, 0.1) is 28.3 Å². The van der Waals surface area contributed by atoms with Crippen molar-refractivity contribution >= 4 is 33.1 Å². The number of hydrogen-bond acceptors (Lipinski definition) is 6. The first kappa shape index (κ1) is 14.5. The lowest BCUT2D eigenvalue weighted by Crippen LogP contribution is -2.12. The second kappa shape index (κ2) is 5.82. The minimum Gasteiger partial charge on any atom is -0.317 e. The number of rotatable bonds is 3. The molecule has 3 aromatic heterocycles. The third-order valence-corrected chi connectivity index (χ3v) is 4.46. The van der Waals surface area contributed by atoms with Crippen molar-refractivity contribution in [1.29, 1.82) is 0 Å². The van der Waals surface area contributed by atoms with Gasteiger partial charge in [-0.05, 0) is 19.1 Å². The third-order valence-electron chi connectivity index (χ3n) is 3.43. The smallest absolute Gasteiger partial charge is 0.284 e. The summed E-state index contributed by atoms with van der Waals surface area (Å²) in [6, 6.07) is 7.64. The van der Waals surface area contributed by atoms with Gasteiger partial charge in [-0.2, -0.15) is 0 Å². The summed E-state index contributed by atoms with van der Waals surface area (Å²) in [5, 5.41) is 3.17. The number of nitrogens with one attached hydrogen (secondary N) is 1. The van der Waals surface area contributed by atoms with E-state index in [9.17, 15) is 4.79 Å². The monoisotopic (exact) mass is 336 g/mol. The van der Waals surface area contributed by atoms with Crippen molar-refractivity contribution in [2.75, 3.05) is 5.32 Å². The zero-order valence-electron chi connectivity index (χ0n) is 12.7. The molecule has 8 heteroatoms. The Hall–Kier alpha value is -3.13. The van der Waals surface area contributed by atoms with Crippen LogP contribution in [0, 0.1) is 6.92 Å². The molecule has 0 radical (unpaired) electrons. The molecule has 0 spiro atoms. The van der Waals surface area contributed by atoms with E-state index in [0.29, 0.717) is 16.6 Å². The first-order valence-electron chi connectivity index (χ1n) is 7.20. The van der Waals surface area contributed by atoms with Gasteiger partial charge in [0, 0.05) is 12.4 Å². The molecule has 1 N–H and O–H groups in total. The molecule has 0 saturated carbocycles. The lowest BCUT2D eigenvalue weighted by Gasteiger charge is -2.05. The molecule has 0 aliphatic carbocycles. The normalized spacial score (nSPS) is 10.9. The van der Waals surface area contributed by atoms with E-state index in [1.165, 1.54) is 11.3 Å². The summed E-state index contributed by atoms with van der Waals surface area (Å²) in [4.78, 5) is 29.3. The maximum Gasteiger partial charge on any atom is 0.284 e. The van der Waals surface area contributed by atoms with Crippen LogP contribution < -0.4 is 5.32 Å². The number of thiazole rings is 1. The molecule has 1 amide bonds. The Kier molecular flexibility index (Phi) is 3.51. The van der Waals surface area contributed by atoms with E-state index in [1.807, 2.05) is 31.2 Å². The molecule has 3 heterocycles. The Morgan fingerprint density at radius 2 is 1.96 bits per heavy atom. The van der Waals surface area contributed by atoms with E-state index in [-0.39, 0.29) is 5.91 Å². The fraction of sp³-hybridized carbons (Fsp3) is 0.0625. The van der Waals surface area contributed by atoms with Gasteiger partial charge >= 0.3 is 0 Å². The van der Waals surface area contributed by atoms with Gasteiger partial charge in [0.2, 0.25) is 5.95 Å². The van der Waals surface area contributed by atoms with E-state index in [1.54, 1.807) is 29.4 Å². The second-order valence-electron chi connectivity index (χ2n) is 5.06. The largest absolute Gasteiger partial charge is 0.317 e. The minimum absolute atomic E-state index is 0.272. The van der Waals surface area contributed by atoms with E-state index >= 15 is 0 Å². The molecule has 7 nitrogen and oxygen atoms in total. The van der Waals surface area contributed by atoms with Gasteiger partial charge in [-0.15, -0.1) is 11.3 Å². The highest BCUT2D eigenvalue weighted by molar-refractivity contribution is 7.20. The molecule has 1 aromatic carbocycles. The van der Waals surface area contributed by atoms with Crippen LogP contribution in [0.5, 0.6) is 0 Å². The molecule has 0 atom stereocenters. The highest BCUT2D eigenvalue weighted by Gasteiger charge is 2.13. The molecule has 0 fully saturated rings. The number of aryl methyl sites for hydroxylation is 1. The highest BCUT2D eigenvalue weighted by atomic mass is 32.1. The molecular formula is C16H12N6OS. The van der Waals surface area contributed by atoms with Crippen molar-refractivity contribution in [2.24, 2.45) is 0 Å². The number of benzene rings is 1. The topological polar surface area (TPSA) is 85.6 Å². The number of hydrogen-bond donors (Lipinski definition) is 1. The Morgan fingerprint density at radius 3 is 2.67 bits per heavy atom. The molecule has 0 unspecified atom stereocenters. The quantitative estimate of drug-likeness (QED) is 0.622. The number of amides is 1. The number of imidazole rings is 1. The van der Waals surface area contributed by atoms with Gasteiger partial charge in [0.15, 0.2) is 5.01 Å². The van der Waals surface area contributed by atoms with E-state index in [2.05, 4.69) is 25.3 Å².